The highest BCUT2D eigenvalue weighted by Gasteiger charge is 2.57. The molecule has 0 aromatic heterocycles. The molecule has 1 amide bonds. The molecule has 3 fully saturated rings. The topological polar surface area (TPSA) is 78.9 Å². The van der Waals surface area contributed by atoms with Gasteiger partial charge < -0.3 is 15.8 Å². The second-order valence-corrected chi connectivity index (χ2v) is 5.93. The molecule has 0 bridgehead atoms. The standard InChI is InChI=1S/C13H21N3O2/c14-12(15-18)8-3-2-6-16(7-8)13(17)11-9-4-1-5-10(9)11/h8-11,18H,1-7H2,(H2,14,15). The summed E-state index contributed by atoms with van der Waals surface area (Å²) in [5.74, 6) is 2.25. The Bertz CT molecular complexity index is 372. The number of nitrogens with two attached hydrogens (primary N) is 1. The van der Waals surface area contributed by atoms with Gasteiger partial charge in [0.2, 0.25) is 5.91 Å². The van der Waals surface area contributed by atoms with Crippen LogP contribution >= 0.6 is 0 Å². The number of carbonyl (C=O) groups excluding carboxylic acids is 1. The van der Waals surface area contributed by atoms with E-state index in [2.05, 4.69) is 5.16 Å². The Balaban J connectivity index is 1.61. The number of nitrogens with zero attached hydrogens (tertiary/aromatic N) is 2. The fourth-order valence-corrected chi connectivity index (χ4v) is 3.90. The summed E-state index contributed by atoms with van der Waals surface area (Å²) in [6.07, 6.45) is 5.63. The third-order valence-corrected chi connectivity index (χ3v) is 4.96. The Morgan fingerprint density at radius 3 is 2.61 bits per heavy atom. The van der Waals surface area contributed by atoms with Gasteiger partial charge >= 0.3 is 0 Å². The maximum Gasteiger partial charge on any atom is 0.226 e. The monoisotopic (exact) mass is 251 g/mol. The summed E-state index contributed by atoms with van der Waals surface area (Å²) in [6, 6.07) is 0. The van der Waals surface area contributed by atoms with Crippen molar-refractivity contribution >= 4 is 11.7 Å². The van der Waals surface area contributed by atoms with Crippen LogP contribution in [0.15, 0.2) is 5.16 Å². The summed E-state index contributed by atoms with van der Waals surface area (Å²) in [7, 11) is 0. The van der Waals surface area contributed by atoms with Gasteiger partial charge in [-0.05, 0) is 37.5 Å². The third-order valence-electron chi connectivity index (χ3n) is 4.96. The van der Waals surface area contributed by atoms with E-state index >= 15 is 0 Å². The lowest BCUT2D eigenvalue weighted by atomic mass is 9.96. The van der Waals surface area contributed by atoms with E-state index in [9.17, 15) is 4.79 Å². The van der Waals surface area contributed by atoms with E-state index in [0.29, 0.717) is 30.2 Å². The van der Waals surface area contributed by atoms with Gasteiger partial charge in [-0.15, -0.1) is 0 Å². The maximum atomic E-state index is 12.4. The number of hydrogen-bond donors (Lipinski definition) is 2. The fraction of sp³-hybridized carbons (Fsp3) is 0.846. The minimum absolute atomic E-state index is 0.0336. The lowest BCUT2D eigenvalue weighted by Gasteiger charge is -2.32. The van der Waals surface area contributed by atoms with E-state index in [4.69, 9.17) is 10.9 Å². The second kappa shape index (κ2) is 4.44. The largest absolute Gasteiger partial charge is 0.409 e. The van der Waals surface area contributed by atoms with Crippen molar-refractivity contribution in [3.8, 4) is 0 Å². The average molecular weight is 251 g/mol. The van der Waals surface area contributed by atoms with Crippen LogP contribution in [-0.4, -0.2) is 34.9 Å². The summed E-state index contributed by atoms with van der Waals surface area (Å²) in [5, 5.41) is 11.8. The number of carbonyl (C=O) groups is 1. The molecule has 3 aliphatic rings. The van der Waals surface area contributed by atoms with Crippen LogP contribution in [-0.2, 0) is 4.79 Å². The molecular formula is C13H21N3O2. The van der Waals surface area contributed by atoms with Crippen LogP contribution in [0.5, 0.6) is 0 Å². The third kappa shape index (κ3) is 1.85. The van der Waals surface area contributed by atoms with Crippen LogP contribution in [0.2, 0.25) is 0 Å². The van der Waals surface area contributed by atoms with Crippen molar-refractivity contribution in [1.29, 1.82) is 0 Å². The summed E-state index contributed by atoms with van der Waals surface area (Å²) in [6.45, 7) is 1.47. The molecule has 100 valence electrons. The van der Waals surface area contributed by atoms with E-state index in [1.165, 1.54) is 19.3 Å². The summed E-state index contributed by atoms with van der Waals surface area (Å²) in [5.41, 5.74) is 5.66. The molecule has 0 aromatic rings. The van der Waals surface area contributed by atoms with Gasteiger partial charge in [0.25, 0.3) is 0 Å². The lowest BCUT2D eigenvalue weighted by molar-refractivity contribution is -0.134. The number of rotatable bonds is 2. The number of hydrogen-bond acceptors (Lipinski definition) is 3. The molecule has 5 nitrogen and oxygen atoms in total. The average Bonchev–Trinajstić information content (AvgIpc) is 2.89. The molecule has 0 spiro atoms. The van der Waals surface area contributed by atoms with Gasteiger partial charge in [-0.3, -0.25) is 4.79 Å². The molecule has 1 aliphatic heterocycles. The van der Waals surface area contributed by atoms with Gasteiger partial charge in [0.05, 0.1) is 0 Å². The van der Waals surface area contributed by atoms with Gasteiger partial charge in [-0.1, -0.05) is 11.6 Å². The number of likely N-dealkylation sites (tertiary alicyclic amines) is 1. The Kier molecular flexibility index (Phi) is 2.92. The van der Waals surface area contributed by atoms with Crippen LogP contribution in [0, 0.1) is 23.7 Å². The quantitative estimate of drug-likeness (QED) is 0.333. The van der Waals surface area contributed by atoms with Crippen molar-refractivity contribution in [3.05, 3.63) is 0 Å². The van der Waals surface area contributed by atoms with E-state index in [1.54, 1.807) is 0 Å². The van der Waals surface area contributed by atoms with Gasteiger partial charge in [-0.2, -0.15) is 0 Å². The number of amidine groups is 1. The summed E-state index contributed by atoms with van der Waals surface area (Å²) < 4.78 is 0. The van der Waals surface area contributed by atoms with Crippen molar-refractivity contribution in [2.24, 2.45) is 34.6 Å². The van der Waals surface area contributed by atoms with Gasteiger partial charge in [-0.25, -0.2) is 0 Å². The van der Waals surface area contributed by atoms with Crippen LogP contribution < -0.4 is 5.73 Å². The van der Waals surface area contributed by atoms with Crippen molar-refractivity contribution in [1.82, 2.24) is 4.90 Å². The van der Waals surface area contributed by atoms with Crippen LogP contribution in [0.1, 0.15) is 32.1 Å². The number of piperidine rings is 1. The first-order chi connectivity index (χ1) is 8.72. The molecule has 3 rings (SSSR count). The highest BCUT2D eigenvalue weighted by molar-refractivity contribution is 5.85. The minimum atomic E-state index is 0.0336. The van der Waals surface area contributed by atoms with Gasteiger partial charge in [0.15, 0.2) is 0 Å². The predicted molar refractivity (Wildman–Crippen MR) is 67.0 cm³/mol. The first-order valence-electron chi connectivity index (χ1n) is 6.98. The Morgan fingerprint density at radius 1 is 1.22 bits per heavy atom. The smallest absolute Gasteiger partial charge is 0.226 e. The molecule has 0 aromatic carbocycles. The molecule has 2 aliphatic carbocycles. The number of fused-ring (bicyclic) bond motifs is 1. The number of oxime groups is 1. The highest BCUT2D eigenvalue weighted by Crippen LogP contribution is 2.58. The number of amides is 1. The minimum Gasteiger partial charge on any atom is -0.409 e. The molecule has 3 unspecified atom stereocenters. The molecule has 3 N–H and O–H groups in total. The van der Waals surface area contributed by atoms with Crippen LogP contribution in [0.3, 0.4) is 0 Å². The van der Waals surface area contributed by atoms with E-state index in [1.807, 2.05) is 4.90 Å². The van der Waals surface area contributed by atoms with Crippen LogP contribution in [0.25, 0.3) is 0 Å². The van der Waals surface area contributed by atoms with E-state index < -0.39 is 0 Å². The molecule has 3 atom stereocenters. The molecule has 18 heavy (non-hydrogen) atoms. The first kappa shape index (κ1) is 11.8. The Morgan fingerprint density at radius 2 is 1.94 bits per heavy atom. The maximum absolute atomic E-state index is 12.4. The van der Waals surface area contributed by atoms with Gasteiger partial charge in [0.1, 0.15) is 5.84 Å². The fourth-order valence-electron chi connectivity index (χ4n) is 3.90. The highest BCUT2D eigenvalue weighted by atomic mass is 16.4. The van der Waals surface area contributed by atoms with Gasteiger partial charge in [0, 0.05) is 24.9 Å². The zero-order chi connectivity index (χ0) is 12.7. The molecule has 1 heterocycles. The molecule has 2 saturated carbocycles. The molecular weight excluding hydrogens is 230 g/mol. The van der Waals surface area contributed by atoms with Crippen molar-refractivity contribution in [2.75, 3.05) is 13.1 Å². The van der Waals surface area contributed by atoms with Crippen molar-refractivity contribution < 1.29 is 10.0 Å². The molecule has 1 saturated heterocycles. The van der Waals surface area contributed by atoms with Crippen molar-refractivity contribution in [2.45, 2.75) is 32.1 Å². The van der Waals surface area contributed by atoms with E-state index in [0.717, 1.165) is 19.4 Å². The summed E-state index contributed by atoms with van der Waals surface area (Å²) >= 11 is 0. The normalized spacial score (nSPS) is 39.6. The zero-order valence-electron chi connectivity index (χ0n) is 10.6. The van der Waals surface area contributed by atoms with Crippen molar-refractivity contribution in [3.63, 3.8) is 0 Å². The summed E-state index contributed by atoms with van der Waals surface area (Å²) in [4.78, 5) is 14.4. The van der Waals surface area contributed by atoms with E-state index in [-0.39, 0.29) is 11.8 Å². The zero-order valence-corrected chi connectivity index (χ0v) is 10.6. The Hall–Kier alpha value is -1.26. The molecule has 5 heteroatoms. The SMILES string of the molecule is NC(=NO)C1CCCN(C(=O)C2C3CCCC32)C1. The van der Waals surface area contributed by atoms with Crippen LogP contribution in [0.4, 0.5) is 0 Å². The second-order valence-electron chi connectivity index (χ2n) is 5.93. The first-order valence-corrected chi connectivity index (χ1v) is 6.98. The Labute approximate surface area is 107 Å². The molecule has 0 radical (unpaired) electrons. The predicted octanol–water partition coefficient (Wildman–Crippen LogP) is 1.02. The lowest BCUT2D eigenvalue weighted by Crippen LogP contribution is -2.45.